The van der Waals surface area contributed by atoms with Crippen LogP contribution in [0.5, 0.6) is 0 Å². The van der Waals surface area contributed by atoms with Gasteiger partial charge in [0.25, 0.3) is 5.91 Å². The van der Waals surface area contributed by atoms with Gasteiger partial charge in [0.15, 0.2) is 0 Å². The summed E-state index contributed by atoms with van der Waals surface area (Å²) in [5.41, 5.74) is 6.99. The van der Waals surface area contributed by atoms with Crippen molar-refractivity contribution >= 4 is 11.6 Å². The number of carbonyl (C=O) groups excluding carboxylic acids is 1. The molecular formula is C16H31N3O. The van der Waals surface area contributed by atoms with E-state index in [9.17, 15) is 4.79 Å². The standard InChI is InChI=1S/C11H14N2O.C2H7N.C2H6.CH4/c12-10-5-3-9(4-6-10)11(14)13-7-1-2-8-13;1-3-2;1-2;/h3-6H,1-2,7-8,12H2;3H,1-2H3;1-2H3;1H4. The molecule has 0 aromatic heterocycles. The molecule has 1 aliphatic rings. The van der Waals surface area contributed by atoms with Gasteiger partial charge in [-0.25, -0.2) is 0 Å². The Labute approximate surface area is 124 Å². The average Bonchev–Trinajstić information content (AvgIpc) is 2.96. The second-order valence-corrected chi connectivity index (χ2v) is 4.12. The zero-order valence-electron chi connectivity index (χ0n) is 12.6. The van der Waals surface area contributed by atoms with Gasteiger partial charge in [-0.2, -0.15) is 0 Å². The molecule has 1 fully saturated rings. The number of nitrogens with zero attached hydrogens (tertiary/aromatic N) is 1. The molecular weight excluding hydrogens is 250 g/mol. The zero-order chi connectivity index (χ0) is 14.7. The molecule has 0 aliphatic carbocycles. The Balaban J connectivity index is 0. The highest BCUT2D eigenvalue weighted by Gasteiger charge is 2.18. The van der Waals surface area contributed by atoms with Crippen LogP contribution in [-0.2, 0) is 0 Å². The molecule has 1 amide bonds. The number of hydrogen-bond donors (Lipinski definition) is 2. The third-order valence-corrected chi connectivity index (χ3v) is 2.55. The third-order valence-electron chi connectivity index (χ3n) is 2.55. The van der Waals surface area contributed by atoms with E-state index in [1.165, 1.54) is 0 Å². The van der Waals surface area contributed by atoms with Gasteiger partial charge >= 0.3 is 0 Å². The monoisotopic (exact) mass is 281 g/mol. The van der Waals surface area contributed by atoms with E-state index in [2.05, 4.69) is 5.32 Å². The molecule has 1 saturated heterocycles. The number of amides is 1. The molecule has 0 saturated carbocycles. The number of benzene rings is 1. The lowest BCUT2D eigenvalue weighted by Gasteiger charge is -2.14. The van der Waals surface area contributed by atoms with E-state index in [1.54, 1.807) is 24.3 Å². The topological polar surface area (TPSA) is 58.4 Å². The SMILES string of the molecule is C.CC.CNC.Nc1ccc(C(=O)N2CCCC2)cc1. The summed E-state index contributed by atoms with van der Waals surface area (Å²) in [5.74, 6) is 0.127. The first-order valence-electron chi connectivity index (χ1n) is 6.92. The Morgan fingerprint density at radius 3 is 1.90 bits per heavy atom. The predicted octanol–water partition coefficient (Wildman–Crippen LogP) is 3.00. The second-order valence-electron chi connectivity index (χ2n) is 4.12. The van der Waals surface area contributed by atoms with E-state index in [1.807, 2.05) is 32.8 Å². The van der Waals surface area contributed by atoms with E-state index in [-0.39, 0.29) is 13.3 Å². The van der Waals surface area contributed by atoms with Crippen LogP contribution in [0.25, 0.3) is 0 Å². The van der Waals surface area contributed by atoms with Gasteiger partial charge in [-0.3, -0.25) is 4.79 Å². The fourth-order valence-corrected chi connectivity index (χ4v) is 1.73. The summed E-state index contributed by atoms with van der Waals surface area (Å²) in [6.45, 7) is 5.78. The number of nitrogens with one attached hydrogen (secondary N) is 1. The van der Waals surface area contributed by atoms with Crippen LogP contribution in [0.2, 0.25) is 0 Å². The Morgan fingerprint density at radius 1 is 1.10 bits per heavy atom. The molecule has 0 bridgehead atoms. The van der Waals surface area contributed by atoms with Crippen molar-refractivity contribution in [1.29, 1.82) is 0 Å². The summed E-state index contributed by atoms with van der Waals surface area (Å²) in [6, 6.07) is 7.11. The lowest BCUT2D eigenvalue weighted by atomic mass is 10.2. The van der Waals surface area contributed by atoms with Crippen LogP contribution in [0.3, 0.4) is 0 Å². The maximum absolute atomic E-state index is 11.8. The van der Waals surface area contributed by atoms with Crippen LogP contribution in [0.15, 0.2) is 24.3 Å². The van der Waals surface area contributed by atoms with Crippen LogP contribution < -0.4 is 11.1 Å². The molecule has 4 nitrogen and oxygen atoms in total. The molecule has 0 radical (unpaired) electrons. The van der Waals surface area contributed by atoms with Crippen LogP contribution >= 0.6 is 0 Å². The number of likely N-dealkylation sites (tertiary alicyclic amines) is 1. The minimum atomic E-state index is 0. The maximum Gasteiger partial charge on any atom is 0.253 e. The zero-order valence-corrected chi connectivity index (χ0v) is 12.6. The lowest BCUT2D eigenvalue weighted by Crippen LogP contribution is -2.27. The molecule has 0 atom stereocenters. The maximum atomic E-state index is 11.8. The van der Waals surface area contributed by atoms with Crippen LogP contribution in [0, 0.1) is 0 Å². The van der Waals surface area contributed by atoms with Gasteiger partial charge in [-0.05, 0) is 51.2 Å². The molecule has 20 heavy (non-hydrogen) atoms. The van der Waals surface area contributed by atoms with E-state index in [4.69, 9.17) is 5.73 Å². The van der Waals surface area contributed by atoms with Crippen molar-refractivity contribution in [3.8, 4) is 0 Å². The van der Waals surface area contributed by atoms with E-state index in [0.717, 1.165) is 31.5 Å². The number of rotatable bonds is 1. The fraction of sp³-hybridized carbons (Fsp3) is 0.562. The van der Waals surface area contributed by atoms with Crippen LogP contribution in [0.4, 0.5) is 5.69 Å². The molecule has 0 unspecified atom stereocenters. The summed E-state index contributed by atoms with van der Waals surface area (Å²) in [6.07, 6.45) is 2.25. The van der Waals surface area contributed by atoms with Crippen molar-refractivity contribution in [1.82, 2.24) is 10.2 Å². The Kier molecular flexibility index (Phi) is 13.0. The fourth-order valence-electron chi connectivity index (χ4n) is 1.73. The molecule has 1 aromatic carbocycles. The average molecular weight is 281 g/mol. The van der Waals surface area contributed by atoms with Crippen molar-refractivity contribution in [3.05, 3.63) is 29.8 Å². The first-order valence-corrected chi connectivity index (χ1v) is 6.92. The molecule has 1 heterocycles. The predicted molar refractivity (Wildman–Crippen MR) is 89.1 cm³/mol. The molecule has 1 aliphatic heterocycles. The molecule has 116 valence electrons. The number of hydrogen-bond acceptors (Lipinski definition) is 3. The van der Waals surface area contributed by atoms with Gasteiger partial charge < -0.3 is 16.0 Å². The largest absolute Gasteiger partial charge is 0.399 e. The third kappa shape index (κ3) is 7.14. The lowest BCUT2D eigenvalue weighted by molar-refractivity contribution is 0.0793. The van der Waals surface area contributed by atoms with Gasteiger partial charge in [-0.15, -0.1) is 0 Å². The van der Waals surface area contributed by atoms with E-state index >= 15 is 0 Å². The molecule has 3 N–H and O–H groups in total. The van der Waals surface area contributed by atoms with E-state index in [0.29, 0.717) is 5.69 Å². The minimum absolute atomic E-state index is 0. The summed E-state index contributed by atoms with van der Waals surface area (Å²) >= 11 is 0. The first kappa shape index (κ1) is 20.8. The number of anilines is 1. The Hall–Kier alpha value is -1.55. The van der Waals surface area contributed by atoms with Crippen LogP contribution in [0.1, 0.15) is 44.5 Å². The van der Waals surface area contributed by atoms with Crippen molar-refractivity contribution in [2.24, 2.45) is 0 Å². The quantitative estimate of drug-likeness (QED) is 0.778. The highest BCUT2D eigenvalue weighted by Crippen LogP contribution is 2.13. The summed E-state index contributed by atoms with van der Waals surface area (Å²) in [7, 11) is 3.75. The molecule has 4 heteroatoms. The Morgan fingerprint density at radius 2 is 1.50 bits per heavy atom. The minimum Gasteiger partial charge on any atom is -0.399 e. The number of nitrogen functional groups attached to an aromatic ring is 1. The summed E-state index contributed by atoms with van der Waals surface area (Å²) < 4.78 is 0. The molecule has 0 spiro atoms. The highest BCUT2D eigenvalue weighted by molar-refractivity contribution is 5.94. The molecule has 2 rings (SSSR count). The smallest absolute Gasteiger partial charge is 0.253 e. The van der Waals surface area contributed by atoms with Crippen molar-refractivity contribution in [3.63, 3.8) is 0 Å². The van der Waals surface area contributed by atoms with Crippen molar-refractivity contribution in [2.45, 2.75) is 34.1 Å². The van der Waals surface area contributed by atoms with Crippen molar-refractivity contribution < 1.29 is 4.79 Å². The van der Waals surface area contributed by atoms with Crippen LogP contribution in [-0.4, -0.2) is 38.0 Å². The highest BCUT2D eigenvalue weighted by atomic mass is 16.2. The summed E-state index contributed by atoms with van der Waals surface area (Å²) in [4.78, 5) is 13.7. The van der Waals surface area contributed by atoms with Gasteiger partial charge in [0.2, 0.25) is 0 Å². The van der Waals surface area contributed by atoms with Gasteiger partial charge in [0.05, 0.1) is 0 Å². The van der Waals surface area contributed by atoms with E-state index < -0.39 is 0 Å². The first-order chi connectivity index (χ1) is 9.19. The van der Waals surface area contributed by atoms with Gasteiger partial charge in [0.1, 0.15) is 0 Å². The van der Waals surface area contributed by atoms with Crippen molar-refractivity contribution in [2.75, 3.05) is 32.9 Å². The number of nitrogens with two attached hydrogens (primary N) is 1. The normalized spacial score (nSPS) is 12.3. The molecule has 1 aromatic rings. The number of carbonyl (C=O) groups is 1. The van der Waals surface area contributed by atoms with Gasteiger partial charge in [0, 0.05) is 24.3 Å². The summed E-state index contributed by atoms with van der Waals surface area (Å²) in [5, 5.41) is 2.75. The van der Waals surface area contributed by atoms with Gasteiger partial charge in [-0.1, -0.05) is 21.3 Å². The second kappa shape index (κ2) is 12.5. The Bertz CT molecular complexity index is 343.